The minimum atomic E-state index is -2.54. The monoisotopic (exact) mass is 702 g/mol. The number of benzene rings is 3. The highest BCUT2D eigenvalue weighted by Crippen LogP contribution is 2.39. The van der Waals surface area contributed by atoms with Crippen LogP contribution in [0.4, 0.5) is 34.5 Å². The second-order valence-corrected chi connectivity index (χ2v) is 16.1. The van der Waals surface area contributed by atoms with Gasteiger partial charge in [0.05, 0.1) is 24.7 Å². The number of hydrogen-bond acceptors (Lipinski definition) is 11. The average molecular weight is 703 g/mol. The summed E-state index contributed by atoms with van der Waals surface area (Å²) in [6, 6.07) is 21.1. The first-order valence-corrected chi connectivity index (χ1v) is 19.1. The highest BCUT2D eigenvalue weighted by atomic mass is 35.5. The van der Waals surface area contributed by atoms with Gasteiger partial charge < -0.3 is 30.2 Å². The summed E-state index contributed by atoms with van der Waals surface area (Å²) in [4.78, 5) is 37.4. The molecule has 256 valence electrons. The van der Waals surface area contributed by atoms with Crippen molar-refractivity contribution in [1.82, 2.24) is 20.2 Å². The zero-order chi connectivity index (χ0) is 34.5. The Labute approximate surface area is 291 Å². The molecule has 49 heavy (non-hydrogen) atoms. The molecule has 0 bridgehead atoms. The van der Waals surface area contributed by atoms with Crippen LogP contribution in [0.15, 0.2) is 72.9 Å². The second-order valence-electron chi connectivity index (χ2n) is 12.5. The molecule has 6 rings (SSSR count). The molecule has 1 aromatic heterocycles. The van der Waals surface area contributed by atoms with Crippen molar-refractivity contribution < 1.29 is 18.9 Å². The number of carbonyl (C=O) groups is 2. The maximum atomic E-state index is 12.8. The van der Waals surface area contributed by atoms with Crippen molar-refractivity contribution in [2.45, 2.75) is 25.4 Å². The SMILES string of the molecule is COc1cc(N2CCN(Cc3cccc(NC4CCC(=O)NC4=O)c3)CC2)ccc1Nc1ncc(Cl)c(Nc2ccccc2P(C)(C)=O)n1. The number of rotatable bonds is 11. The molecule has 2 fully saturated rings. The highest BCUT2D eigenvalue weighted by molar-refractivity contribution is 7.70. The number of nitrogens with one attached hydrogen (secondary N) is 4. The van der Waals surface area contributed by atoms with Gasteiger partial charge in [-0.3, -0.25) is 19.8 Å². The largest absolute Gasteiger partial charge is 0.494 e. The molecule has 0 radical (unpaired) electrons. The lowest BCUT2D eigenvalue weighted by molar-refractivity contribution is -0.133. The topological polar surface area (TPSA) is 141 Å². The van der Waals surface area contributed by atoms with Gasteiger partial charge in [0.25, 0.3) is 0 Å². The fourth-order valence-corrected chi connectivity index (χ4v) is 7.30. The van der Waals surface area contributed by atoms with E-state index in [0.29, 0.717) is 52.1 Å². The molecule has 0 aliphatic carbocycles. The van der Waals surface area contributed by atoms with Crippen LogP contribution in [0, 0.1) is 0 Å². The lowest BCUT2D eigenvalue weighted by atomic mass is 10.1. The van der Waals surface area contributed by atoms with Crippen LogP contribution in [0.1, 0.15) is 18.4 Å². The third-order valence-electron chi connectivity index (χ3n) is 8.56. The first-order chi connectivity index (χ1) is 23.6. The third kappa shape index (κ3) is 8.51. The first-order valence-electron chi connectivity index (χ1n) is 16.1. The van der Waals surface area contributed by atoms with Crippen LogP contribution in [-0.2, 0) is 20.7 Å². The molecule has 14 heteroatoms. The fourth-order valence-electron chi connectivity index (χ4n) is 6.01. The molecule has 1 unspecified atom stereocenters. The number of piperidine rings is 1. The highest BCUT2D eigenvalue weighted by Gasteiger charge is 2.26. The summed E-state index contributed by atoms with van der Waals surface area (Å²) in [5, 5.41) is 13.2. The number of amides is 2. The summed E-state index contributed by atoms with van der Waals surface area (Å²) in [5.74, 6) is 0.880. The Hall–Kier alpha value is -4.64. The van der Waals surface area contributed by atoms with Gasteiger partial charge in [0.1, 0.15) is 24.0 Å². The van der Waals surface area contributed by atoms with Gasteiger partial charge in [-0.15, -0.1) is 0 Å². The Bertz CT molecular complexity index is 1900. The van der Waals surface area contributed by atoms with E-state index in [2.05, 4.69) is 59.2 Å². The van der Waals surface area contributed by atoms with Crippen LogP contribution in [0.5, 0.6) is 5.75 Å². The Balaban J connectivity index is 1.07. The maximum absolute atomic E-state index is 12.8. The van der Waals surface area contributed by atoms with E-state index in [1.165, 1.54) is 6.20 Å². The molecular weight excluding hydrogens is 663 g/mol. The molecule has 2 aliphatic rings. The molecule has 3 aromatic carbocycles. The fraction of sp³-hybridized carbons (Fsp3) is 0.314. The molecule has 2 amide bonds. The number of carbonyl (C=O) groups excluding carboxylic acids is 2. The summed E-state index contributed by atoms with van der Waals surface area (Å²) < 4.78 is 18.6. The van der Waals surface area contributed by atoms with Crippen LogP contribution < -0.4 is 36.2 Å². The molecule has 4 N–H and O–H groups in total. The van der Waals surface area contributed by atoms with Gasteiger partial charge in [-0.25, -0.2) is 4.98 Å². The van der Waals surface area contributed by atoms with E-state index in [1.807, 2.05) is 48.5 Å². The van der Waals surface area contributed by atoms with E-state index in [1.54, 1.807) is 20.4 Å². The van der Waals surface area contributed by atoms with E-state index in [-0.39, 0.29) is 11.8 Å². The maximum Gasteiger partial charge on any atom is 0.249 e. The number of piperazine rings is 1. The number of halogens is 1. The van der Waals surface area contributed by atoms with Gasteiger partial charge in [0.2, 0.25) is 17.8 Å². The number of para-hydroxylation sites is 1. The summed E-state index contributed by atoms with van der Waals surface area (Å²) in [6.07, 6.45) is 2.35. The van der Waals surface area contributed by atoms with Gasteiger partial charge in [0, 0.05) is 61.9 Å². The lowest BCUT2D eigenvalue weighted by Gasteiger charge is -2.36. The van der Waals surface area contributed by atoms with Crippen molar-refractivity contribution in [3.63, 3.8) is 0 Å². The molecular formula is C35H40ClN8O4P. The summed E-state index contributed by atoms with van der Waals surface area (Å²) in [6.45, 7) is 7.72. The quantitative estimate of drug-likeness (QED) is 0.118. The first kappa shape index (κ1) is 34.2. The van der Waals surface area contributed by atoms with Crippen molar-refractivity contribution in [1.29, 1.82) is 0 Å². The van der Waals surface area contributed by atoms with Crippen LogP contribution in [0.2, 0.25) is 5.02 Å². The minimum absolute atomic E-state index is 0.219. The second kappa shape index (κ2) is 14.9. The number of anilines is 6. The van der Waals surface area contributed by atoms with Gasteiger partial charge >= 0.3 is 0 Å². The van der Waals surface area contributed by atoms with Gasteiger partial charge in [0.15, 0.2) is 5.82 Å². The minimum Gasteiger partial charge on any atom is -0.494 e. The zero-order valence-corrected chi connectivity index (χ0v) is 29.4. The number of methoxy groups -OCH3 is 1. The van der Waals surface area contributed by atoms with Crippen LogP contribution in [-0.4, -0.2) is 79.3 Å². The van der Waals surface area contributed by atoms with Crippen LogP contribution >= 0.6 is 18.7 Å². The van der Waals surface area contributed by atoms with Crippen molar-refractivity contribution in [2.24, 2.45) is 0 Å². The normalized spacial score (nSPS) is 17.0. The molecule has 4 aromatic rings. The average Bonchev–Trinajstić information content (AvgIpc) is 3.08. The van der Waals surface area contributed by atoms with Gasteiger partial charge in [-0.05, 0) is 61.7 Å². The van der Waals surface area contributed by atoms with E-state index >= 15 is 0 Å². The van der Waals surface area contributed by atoms with Crippen molar-refractivity contribution in [3.8, 4) is 5.75 Å². The molecule has 0 saturated carbocycles. The lowest BCUT2D eigenvalue weighted by Crippen LogP contribution is -2.47. The van der Waals surface area contributed by atoms with Crippen LogP contribution in [0.3, 0.4) is 0 Å². The predicted octanol–water partition coefficient (Wildman–Crippen LogP) is 5.41. The Morgan fingerprint density at radius 3 is 2.53 bits per heavy atom. The summed E-state index contributed by atoms with van der Waals surface area (Å²) in [7, 11) is -0.911. The molecule has 12 nitrogen and oxygen atoms in total. The standard InChI is InChI=1S/C35H40ClN8O4P/c1-48-30-20-25(11-12-27(30)40-35-37-21-26(36)33(42-35)39-28-9-4-5-10-31(28)49(2,3)47)44-17-15-43(16-18-44)22-23-7-6-8-24(19-23)38-29-13-14-32(45)41-34(29)46/h4-12,19-21,29,38H,13-18,22H2,1-3H3,(H,41,45,46)(H2,37,39,40,42). The number of nitrogens with zero attached hydrogens (tertiary/aromatic N) is 4. The Morgan fingerprint density at radius 1 is 0.980 bits per heavy atom. The van der Waals surface area contributed by atoms with E-state index in [0.717, 1.165) is 49.7 Å². The van der Waals surface area contributed by atoms with Crippen molar-refractivity contribution in [3.05, 3.63) is 83.5 Å². The van der Waals surface area contributed by atoms with E-state index < -0.39 is 13.2 Å². The van der Waals surface area contributed by atoms with Gasteiger partial charge in [-0.1, -0.05) is 35.9 Å². The molecule has 0 spiro atoms. The summed E-state index contributed by atoms with van der Waals surface area (Å²) in [5.41, 5.74) is 4.47. The zero-order valence-electron chi connectivity index (χ0n) is 27.7. The number of ether oxygens (including phenoxy) is 1. The molecule has 2 saturated heterocycles. The van der Waals surface area contributed by atoms with Crippen LogP contribution in [0.25, 0.3) is 0 Å². The Morgan fingerprint density at radius 2 is 1.78 bits per heavy atom. The Kier molecular flexibility index (Phi) is 10.4. The predicted molar refractivity (Wildman–Crippen MR) is 196 cm³/mol. The number of hydrogen-bond donors (Lipinski definition) is 4. The number of aromatic nitrogens is 2. The van der Waals surface area contributed by atoms with Crippen molar-refractivity contribution in [2.75, 3.05) is 67.5 Å². The van der Waals surface area contributed by atoms with E-state index in [4.69, 9.17) is 16.3 Å². The summed E-state index contributed by atoms with van der Waals surface area (Å²) >= 11 is 6.44. The molecule has 1 atom stereocenters. The molecule has 2 aliphatic heterocycles. The molecule has 3 heterocycles. The third-order valence-corrected chi connectivity index (χ3v) is 10.4. The van der Waals surface area contributed by atoms with Crippen molar-refractivity contribution >= 4 is 70.4 Å². The van der Waals surface area contributed by atoms with E-state index in [9.17, 15) is 14.2 Å². The van der Waals surface area contributed by atoms with Gasteiger partial charge in [-0.2, -0.15) is 4.98 Å². The number of imide groups is 1. The smallest absolute Gasteiger partial charge is 0.249 e.